The fourth-order valence-electron chi connectivity index (χ4n) is 0.589. The van der Waals surface area contributed by atoms with Crippen molar-refractivity contribution in [2.75, 3.05) is 0 Å². The first-order chi connectivity index (χ1) is 5.06. The molecule has 0 saturated heterocycles. The molecule has 0 bridgehead atoms. The molecule has 2 N–H and O–H groups in total. The van der Waals surface area contributed by atoms with Crippen LogP contribution in [0.15, 0.2) is 12.7 Å². The Kier molecular flexibility index (Phi) is 8.97. The summed E-state index contributed by atoms with van der Waals surface area (Å²) in [6, 6.07) is 0. The molecule has 5 heteroatoms. The summed E-state index contributed by atoms with van der Waals surface area (Å²) in [5.74, 6) is -1.46. The van der Waals surface area contributed by atoms with Gasteiger partial charge in [-0.1, -0.05) is 6.58 Å². The molecule has 0 radical (unpaired) electrons. The summed E-state index contributed by atoms with van der Waals surface area (Å²) in [5, 5.41) is 17.0. The molecule has 0 amide bonds. The fourth-order valence-corrected chi connectivity index (χ4v) is 0.589. The Hall–Kier alpha value is -0.160. The molecule has 0 rings (SSSR count). The van der Waals surface area contributed by atoms with E-state index in [1.165, 1.54) is 0 Å². The van der Waals surface area contributed by atoms with Crippen molar-refractivity contribution in [1.82, 2.24) is 0 Å². The van der Waals surface area contributed by atoms with Crippen molar-refractivity contribution in [2.24, 2.45) is 0 Å². The molecular weight excluding hydrogens is 171 g/mol. The Balaban J connectivity index is 0. The Bertz CT molecular complexity index is 178. The summed E-state index contributed by atoms with van der Waals surface area (Å²) in [5.41, 5.74) is 0. The third-order valence-corrected chi connectivity index (χ3v) is 1.07. The van der Waals surface area contributed by atoms with E-state index in [1.54, 1.807) is 0 Å². The second kappa shape index (κ2) is 7.49. The summed E-state index contributed by atoms with van der Waals surface area (Å²) in [4.78, 5) is 20.5. The van der Waals surface area contributed by atoms with Gasteiger partial charge in [0.05, 0.1) is 12.5 Å². The molecule has 0 saturated carbocycles. The van der Waals surface area contributed by atoms with Crippen molar-refractivity contribution in [3.8, 4) is 0 Å². The number of hydrogen-bond donors (Lipinski definition) is 2. The molecule has 0 fully saturated rings. The second-order valence-corrected chi connectivity index (χ2v) is 2.13. The van der Waals surface area contributed by atoms with Gasteiger partial charge in [-0.05, 0) is 6.08 Å². The van der Waals surface area contributed by atoms with Crippen LogP contribution in [0.1, 0.15) is 12.8 Å². The number of carbonyl (C=O) groups excluding carboxylic acids is 1. The van der Waals surface area contributed by atoms with Crippen LogP contribution in [-0.2, 0) is 9.59 Å². The normalized spacial score (nSPS) is 11.1. The number of aliphatic carboxylic acids is 1. The zero-order chi connectivity index (χ0) is 8.85. The number of allylic oxidation sites excluding steroid dienone is 1. The molecular formula is C7H11NaO4. The minimum atomic E-state index is -1.12. The van der Waals surface area contributed by atoms with Crippen molar-refractivity contribution >= 4 is 41.3 Å². The summed E-state index contributed by atoms with van der Waals surface area (Å²) in [6.45, 7) is 3.18. The van der Waals surface area contributed by atoms with Crippen LogP contribution < -0.4 is 0 Å². The number of ketones is 1. The predicted molar refractivity (Wildman–Crippen MR) is 45.2 cm³/mol. The van der Waals surface area contributed by atoms with E-state index in [2.05, 4.69) is 6.58 Å². The molecule has 0 spiro atoms. The second-order valence-electron chi connectivity index (χ2n) is 2.13. The van der Waals surface area contributed by atoms with Crippen LogP contribution in [0.2, 0.25) is 0 Å². The summed E-state index contributed by atoms with van der Waals surface area (Å²) in [6.07, 6.45) is -0.613. The van der Waals surface area contributed by atoms with E-state index in [4.69, 9.17) is 10.2 Å². The molecule has 0 aromatic heterocycles. The van der Waals surface area contributed by atoms with Gasteiger partial charge in [-0.25, -0.2) is 0 Å². The van der Waals surface area contributed by atoms with E-state index in [0.717, 1.165) is 6.08 Å². The molecule has 64 valence electrons. The first-order valence-electron chi connectivity index (χ1n) is 3.11. The summed E-state index contributed by atoms with van der Waals surface area (Å²) < 4.78 is 0. The van der Waals surface area contributed by atoms with Crippen molar-refractivity contribution in [2.45, 2.75) is 18.9 Å². The van der Waals surface area contributed by atoms with E-state index < -0.39 is 18.5 Å². The standard InChI is InChI=1S/C7H10O4.Na.H/c1-2-5(8)3-6(9)4-7(10)11;;/h2,6,9H,1,3-4H2,(H,10,11);;/t6-;;/m1../s1. The number of rotatable bonds is 5. The van der Waals surface area contributed by atoms with Crippen molar-refractivity contribution in [1.29, 1.82) is 0 Å². The number of carboxylic acids is 1. The summed E-state index contributed by atoms with van der Waals surface area (Å²) in [7, 11) is 0. The molecule has 0 aliphatic rings. The number of hydrogen-bond acceptors (Lipinski definition) is 3. The molecule has 0 heterocycles. The van der Waals surface area contributed by atoms with E-state index in [-0.39, 0.29) is 41.8 Å². The minimum absolute atomic E-state index is 0. The van der Waals surface area contributed by atoms with Crippen molar-refractivity contribution in [3.05, 3.63) is 12.7 Å². The van der Waals surface area contributed by atoms with Crippen LogP contribution in [0, 0.1) is 0 Å². The number of aliphatic hydroxyl groups excluding tert-OH is 1. The first-order valence-corrected chi connectivity index (χ1v) is 3.11. The Morgan fingerprint density at radius 1 is 1.42 bits per heavy atom. The van der Waals surface area contributed by atoms with Crippen LogP contribution >= 0.6 is 0 Å². The Labute approximate surface area is 92.6 Å². The van der Waals surface area contributed by atoms with E-state index in [0.29, 0.717) is 0 Å². The van der Waals surface area contributed by atoms with Crippen molar-refractivity contribution in [3.63, 3.8) is 0 Å². The van der Waals surface area contributed by atoms with Crippen LogP contribution in [0.25, 0.3) is 0 Å². The Morgan fingerprint density at radius 2 is 1.92 bits per heavy atom. The van der Waals surface area contributed by atoms with Gasteiger partial charge in [0, 0.05) is 6.42 Å². The average molecular weight is 182 g/mol. The maximum absolute atomic E-state index is 10.5. The first kappa shape index (κ1) is 14.4. The van der Waals surface area contributed by atoms with Gasteiger partial charge in [0.15, 0.2) is 5.78 Å². The van der Waals surface area contributed by atoms with Crippen LogP contribution in [0.5, 0.6) is 0 Å². The fraction of sp³-hybridized carbons (Fsp3) is 0.429. The molecule has 0 aromatic carbocycles. The number of carboxylic acid groups (broad SMARTS) is 1. The van der Waals surface area contributed by atoms with Crippen LogP contribution in [-0.4, -0.2) is 57.6 Å². The monoisotopic (exact) mass is 182 g/mol. The third-order valence-electron chi connectivity index (χ3n) is 1.07. The van der Waals surface area contributed by atoms with Crippen LogP contribution in [0.4, 0.5) is 0 Å². The van der Waals surface area contributed by atoms with E-state index in [1.807, 2.05) is 0 Å². The van der Waals surface area contributed by atoms with Gasteiger partial charge in [0.1, 0.15) is 0 Å². The third kappa shape index (κ3) is 7.94. The quantitative estimate of drug-likeness (QED) is 0.436. The molecule has 12 heavy (non-hydrogen) atoms. The van der Waals surface area contributed by atoms with Gasteiger partial charge in [0.2, 0.25) is 0 Å². The van der Waals surface area contributed by atoms with Gasteiger partial charge >= 0.3 is 35.5 Å². The molecule has 0 aliphatic heterocycles. The maximum atomic E-state index is 10.5. The molecule has 0 aliphatic carbocycles. The van der Waals surface area contributed by atoms with Gasteiger partial charge in [-0.15, -0.1) is 0 Å². The van der Waals surface area contributed by atoms with Crippen molar-refractivity contribution < 1.29 is 19.8 Å². The van der Waals surface area contributed by atoms with Crippen LogP contribution in [0.3, 0.4) is 0 Å². The zero-order valence-corrected chi connectivity index (χ0v) is 5.99. The van der Waals surface area contributed by atoms with Gasteiger partial charge in [-0.2, -0.15) is 0 Å². The van der Waals surface area contributed by atoms with Gasteiger partial charge in [-0.3, -0.25) is 9.59 Å². The average Bonchev–Trinajstić information content (AvgIpc) is 1.85. The topological polar surface area (TPSA) is 74.6 Å². The van der Waals surface area contributed by atoms with E-state index >= 15 is 0 Å². The molecule has 1 atom stereocenters. The summed E-state index contributed by atoms with van der Waals surface area (Å²) >= 11 is 0. The SMILES string of the molecule is C=CC(=O)C[C@@H](O)CC(=O)O.[NaH]. The Morgan fingerprint density at radius 3 is 2.25 bits per heavy atom. The van der Waals surface area contributed by atoms with E-state index in [9.17, 15) is 9.59 Å². The predicted octanol–water partition coefficient (Wildman–Crippen LogP) is -0.681. The zero-order valence-electron chi connectivity index (χ0n) is 5.99. The van der Waals surface area contributed by atoms with Gasteiger partial charge < -0.3 is 10.2 Å². The van der Waals surface area contributed by atoms with Gasteiger partial charge in [0.25, 0.3) is 0 Å². The number of aliphatic hydroxyl groups is 1. The number of carbonyl (C=O) groups is 2. The molecule has 0 aromatic rings. The molecule has 4 nitrogen and oxygen atoms in total. The molecule has 0 unspecified atom stereocenters.